The van der Waals surface area contributed by atoms with Crippen molar-refractivity contribution in [1.82, 2.24) is 4.90 Å². The summed E-state index contributed by atoms with van der Waals surface area (Å²) in [6.45, 7) is 7.73. The summed E-state index contributed by atoms with van der Waals surface area (Å²) >= 11 is 0. The van der Waals surface area contributed by atoms with Gasteiger partial charge in [-0.15, -0.1) is 0 Å². The predicted molar refractivity (Wildman–Crippen MR) is 51.1 cm³/mol. The van der Waals surface area contributed by atoms with Crippen molar-refractivity contribution in [1.29, 1.82) is 0 Å². The van der Waals surface area contributed by atoms with E-state index in [0.717, 1.165) is 19.4 Å². The monoisotopic (exact) mass is 171 g/mol. The first kappa shape index (κ1) is 10.0. The summed E-state index contributed by atoms with van der Waals surface area (Å²) in [5.74, 6) is 0. The first-order chi connectivity index (χ1) is 5.40. The van der Waals surface area contributed by atoms with Crippen molar-refractivity contribution < 1.29 is 5.11 Å². The summed E-state index contributed by atoms with van der Waals surface area (Å²) in [6, 6.07) is 0.380. The van der Waals surface area contributed by atoms with E-state index >= 15 is 0 Å². The molecule has 0 amide bonds. The Bertz CT molecular complexity index is 140. The summed E-state index contributed by atoms with van der Waals surface area (Å²) in [7, 11) is 2.10. The van der Waals surface area contributed by atoms with Gasteiger partial charge in [0.25, 0.3) is 0 Å². The van der Waals surface area contributed by atoms with Gasteiger partial charge < -0.3 is 10.0 Å². The Morgan fingerprint density at radius 3 is 2.33 bits per heavy atom. The Morgan fingerprint density at radius 1 is 1.42 bits per heavy atom. The standard InChI is InChI=1S/C10H21NO/c1-10(2,3)7-8-9(12)5-6-11(8)4/h8-9,12H,5-7H2,1-4H3/t8-,9-/m1/s1. The smallest absolute Gasteiger partial charge is 0.0707 e. The SMILES string of the molecule is CN1CC[C@@H](O)[C@H]1CC(C)(C)C. The van der Waals surface area contributed by atoms with Crippen LogP contribution in [-0.4, -0.2) is 35.7 Å². The Labute approximate surface area is 75.6 Å². The van der Waals surface area contributed by atoms with Crippen LogP contribution in [0.15, 0.2) is 0 Å². The maximum atomic E-state index is 9.68. The quantitative estimate of drug-likeness (QED) is 0.646. The van der Waals surface area contributed by atoms with Crippen LogP contribution in [0.2, 0.25) is 0 Å². The van der Waals surface area contributed by atoms with E-state index in [4.69, 9.17) is 0 Å². The molecule has 1 fully saturated rings. The van der Waals surface area contributed by atoms with Crippen molar-refractivity contribution in [2.45, 2.75) is 45.8 Å². The van der Waals surface area contributed by atoms with Gasteiger partial charge in [0.1, 0.15) is 0 Å². The fourth-order valence-corrected chi connectivity index (χ4v) is 1.91. The highest BCUT2D eigenvalue weighted by Gasteiger charge is 2.32. The van der Waals surface area contributed by atoms with Gasteiger partial charge in [-0.2, -0.15) is 0 Å². The van der Waals surface area contributed by atoms with Gasteiger partial charge in [0.05, 0.1) is 6.10 Å². The van der Waals surface area contributed by atoms with E-state index < -0.39 is 0 Å². The van der Waals surface area contributed by atoms with Gasteiger partial charge in [-0.3, -0.25) is 0 Å². The minimum Gasteiger partial charge on any atom is -0.391 e. The molecular weight excluding hydrogens is 150 g/mol. The lowest BCUT2D eigenvalue weighted by Gasteiger charge is -2.29. The van der Waals surface area contributed by atoms with E-state index in [0.29, 0.717) is 11.5 Å². The summed E-state index contributed by atoms with van der Waals surface area (Å²) in [5, 5.41) is 9.68. The molecule has 0 saturated carbocycles. The zero-order valence-electron chi connectivity index (χ0n) is 8.67. The molecule has 72 valence electrons. The van der Waals surface area contributed by atoms with Crippen molar-refractivity contribution in [2.75, 3.05) is 13.6 Å². The molecule has 2 nitrogen and oxygen atoms in total. The minimum absolute atomic E-state index is 0.103. The number of rotatable bonds is 1. The van der Waals surface area contributed by atoms with Crippen molar-refractivity contribution in [3.05, 3.63) is 0 Å². The van der Waals surface area contributed by atoms with Crippen LogP contribution in [0.25, 0.3) is 0 Å². The highest BCUT2D eigenvalue weighted by Crippen LogP contribution is 2.28. The molecule has 0 aromatic heterocycles. The molecule has 12 heavy (non-hydrogen) atoms. The van der Waals surface area contributed by atoms with Crippen LogP contribution >= 0.6 is 0 Å². The Balaban J connectivity index is 2.50. The molecule has 2 atom stereocenters. The third-order valence-electron chi connectivity index (χ3n) is 2.61. The van der Waals surface area contributed by atoms with Crippen LogP contribution in [0, 0.1) is 5.41 Å². The number of aliphatic hydroxyl groups excluding tert-OH is 1. The molecule has 1 saturated heterocycles. The maximum absolute atomic E-state index is 9.68. The normalized spacial score (nSPS) is 32.8. The molecule has 1 aliphatic heterocycles. The summed E-state index contributed by atoms with van der Waals surface area (Å²) in [6.07, 6.45) is 1.93. The average molecular weight is 171 g/mol. The molecule has 1 aliphatic rings. The van der Waals surface area contributed by atoms with Crippen molar-refractivity contribution >= 4 is 0 Å². The Morgan fingerprint density at radius 2 is 2.00 bits per heavy atom. The van der Waals surface area contributed by atoms with Gasteiger partial charge in [-0.05, 0) is 25.3 Å². The molecule has 0 aromatic carbocycles. The lowest BCUT2D eigenvalue weighted by molar-refractivity contribution is 0.0977. The largest absolute Gasteiger partial charge is 0.391 e. The number of aliphatic hydroxyl groups is 1. The topological polar surface area (TPSA) is 23.5 Å². The fourth-order valence-electron chi connectivity index (χ4n) is 1.91. The van der Waals surface area contributed by atoms with Crippen LogP contribution in [0.4, 0.5) is 0 Å². The molecule has 0 aromatic rings. The second-order valence-electron chi connectivity index (χ2n) is 5.17. The van der Waals surface area contributed by atoms with Gasteiger partial charge in [-0.25, -0.2) is 0 Å². The summed E-state index contributed by atoms with van der Waals surface area (Å²) < 4.78 is 0. The van der Waals surface area contributed by atoms with E-state index in [9.17, 15) is 5.11 Å². The highest BCUT2D eigenvalue weighted by molar-refractivity contribution is 4.87. The van der Waals surface area contributed by atoms with E-state index in [-0.39, 0.29) is 6.10 Å². The molecular formula is C10H21NO. The molecule has 0 bridgehead atoms. The Hall–Kier alpha value is -0.0800. The van der Waals surface area contributed by atoms with E-state index in [1.165, 1.54) is 0 Å². The minimum atomic E-state index is -0.103. The van der Waals surface area contributed by atoms with Crippen LogP contribution in [0.1, 0.15) is 33.6 Å². The van der Waals surface area contributed by atoms with E-state index in [1.807, 2.05) is 0 Å². The zero-order valence-corrected chi connectivity index (χ0v) is 8.67. The molecule has 2 heteroatoms. The molecule has 1 rings (SSSR count). The predicted octanol–water partition coefficient (Wildman–Crippen LogP) is 1.49. The average Bonchev–Trinajstić information content (AvgIpc) is 2.16. The van der Waals surface area contributed by atoms with Gasteiger partial charge in [0.15, 0.2) is 0 Å². The maximum Gasteiger partial charge on any atom is 0.0707 e. The molecule has 0 radical (unpaired) electrons. The van der Waals surface area contributed by atoms with Crippen LogP contribution in [0.5, 0.6) is 0 Å². The first-order valence-electron chi connectivity index (χ1n) is 4.78. The lowest BCUT2D eigenvalue weighted by atomic mass is 9.86. The number of nitrogens with zero attached hydrogens (tertiary/aromatic N) is 1. The van der Waals surface area contributed by atoms with Crippen molar-refractivity contribution in [2.24, 2.45) is 5.41 Å². The van der Waals surface area contributed by atoms with Crippen molar-refractivity contribution in [3.63, 3.8) is 0 Å². The molecule has 0 unspecified atom stereocenters. The molecule has 0 spiro atoms. The fraction of sp³-hybridized carbons (Fsp3) is 1.00. The van der Waals surface area contributed by atoms with Crippen LogP contribution < -0.4 is 0 Å². The highest BCUT2D eigenvalue weighted by atomic mass is 16.3. The summed E-state index contributed by atoms with van der Waals surface area (Å²) in [4.78, 5) is 2.27. The second kappa shape index (κ2) is 3.35. The van der Waals surface area contributed by atoms with Gasteiger partial charge in [-0.1, -0.05) is 20.8 Å². The molecule has 1 N–H and O–H groups in total. The van der Waals surface area contributed by atoms with Gasteiger partial charge in [0, 0.05) is 12.6 Å². The van der Waals surface area contributed by atoms with E-state index in [1.54, 1.807) is 0 Å². The number of hydrogen-bond donors (Lipinski definition) is 1. The van der Waals surface area contributed by atoms with Gasteiger partial charge >= 0.3 is 0 Å². The van der Waals surface area contributed by atoms with Crippen LogP contribution in [-0.2, 0) is 0 Å². The van der Waals surface area contributed by atoms with Gasteiger partial charge in [0.2, 0.25) is 0 Å². The van der Waals surface area contributed by atoms with Crippen molar-refractivity contribution in [3.8, 4) is 0 Å². The second-order valence-corrected chi connectivity index (χ2v) is 5.17. The summed E-state index contributed by atoms with van der Waals surface area (Å²) in [5.41, 5.74) is 0.324. The molecule has 1 heterocycles. The number of hydrogen-bond acceptors (Lipinski definition) is 2. The van der Waals surface area contributed by atoms with Crippen LogP contribution in [0.3, 0.4) is 0 Å². The first-order valence-corrected chi connectivity index (χ1v) is 4.78. The van der Waals surface area contributed by atoms with E-state index in [2.05, 4.69) is 32.7 Å². The third kappa shape index (κ3) is 2.46. The molecule has 0 aliphatic carbocycles. The number of likely N-dealkylation sites (N-methyl/N-ethyl adjacent to an activating group) is 1. The zero-order chi connectivity index (χ0) is 9.35. The third-order valence-corrected chi connectivity index (χ3v) is 2.61. The Kier molecular flexibility index (Phi) is 2.79. The lowest BCUT2D eigenvalue weighted by Crippen LogP contribution is -2.35. The number of likely N-dealkylation sites (tertiary alicyclic amines) is 1.